The fraction of sp³-hybridized carbons (Fsp3) is 0.250. The van der Waals surface area contributed by atoms with Crippen LogP contribution < -0.4 is 10.1 Å². The molecular formula is C16H16Br2FNO. The van der Waals surface area contributed by atoms with E-state index >= 15 is 0 Å². The number of ether oxygens (including phenoxy) is 1. The van der Waals surface area contributed by atoms with Crippen molar-refractivity contribution in [1.82, 2.24) is 5.32 Å². The van der Waals surface area contributed by atoms with Gasteiger partial charge in [-0.1, -0.05) is 41.9 Å². The molecule has 0 saturated heterocycles. The summed E-state index contributed by atoms with van der Waals surface area (Å²) in [6, 6.07) is 10.8. The second-order valence-corrected chi connectivity index (χ2v) is 6.71. The SMILES string of the molecule is CC(C)NCc1cccc(F)c1Oc1ccc(Br)cc1Br. The molecule has 0 unspecified atom stereocenters. The molecular weight excluding hydrogens is 401 g/mol. The van der Waals surface area contributed by atoms with Gasteiger partial charge in [0.1, 0.15) is 5.75 Å². The van der Waals surface area contributed by atoms with E-state index in [1.807, 2.05) is 32.0 Å². The Hall–Kier alpha value is -0.910. The van der Waals surface area contributed by atoms with E-state index in [1.165, 1.54) is 6.07 Å². The summed E-state index contributed by atoms with van der Waals surface area (Å²) in [7, 11) is 0. The average molecular weight is 417 g/mol. The molecule has 0 aliphatic rings. The Kier molecular flexibility index (Phi) is 5.79. The molecule has 112 valence electrons. The summed E-state index contributed by atoms with van der Waals surface area (Å²) in [5.41, 5.74) is 0.790. The maximum atomic E-state index is 14.1. The minimum absolute atomic E-state index is 0.258. The Morgan fingerprint density at radius 1 is 1.19 bits per heavy atom. The van der Waals surface area contributed by atoms with Crippen molar-refractivity contribution in [3.05, 3.63) is 56.7 Å². The third kappa shape index (κ3) is 4.53. The number of halogens is 3. The zero-order chi connectivity index (χ0) is 15.4. The zero-order valence-electron chi connectivity index (χ0n) is 11.8. The number of benzene rings is 2. The van der Waals surface area contributed by atoms with E-state index in [2.05, 4.69) is 37.2 Å². The molecule has 0 fully saturated rings. The van der Waals surface area contributed by atoms with Gasteiger partial charge in [-0.25, -0.2) is 4.39 Å². The smallest absolute Gasteiger partial charge is 0.167 e. The first-order chi connectivity index (χ1) is 9.97. The highest BCUT2D eigenvalue weighted by Gasteiger charge is 2.13. The van der Waals surface area contributed by atoms with E-state index in [0.29, 0.717) is 18.3 Å². The zero-order valence-corrected chi connectivity index (χ0v) is 15.0. The van der Waals surface area contributed by atoms with E-state index in [9.17, 15) is 4.39 Å². The van der Waals surface area contributed by atoms with Crippen molar-refractivity contribution in [2.45, 2.75) is 26.4 Å². The van der Waals surface area contributed by atoms with Crippen LogP contribution in [0.5, 0.6) is 11.5 Å². The van der Waals surface area contributed by atoms with Crippen molar-refractivity contribution in [3.63, 3.8) is 0 Å². The van der Waals surface area contributed by atoms with Crippen LogP contribution >= 0.6 is 31.9 Å². The van der Waals surface area contributed by atoms with E-state index in [-0.39, 0.29) is 11.6 Å². The Bertz CT molecular complexity index is 632. The van der Waals surface area contributed by atoms with Gasteiger partial charge in [-0.05, 0) is 40.2 Å². The lowest BCUT2D eigenvalue weighted by Gasteiger charge is -2.15. The van der Waals surface area contributed by atoms with E-state index in [0.717, 1.165) is 14.5 Å². The lowest BCUT2D eigenvalue weighted by Crippen LogP contribution is -2.22. The Labute approximate surface area is 141 Å². The highest BCUT2D eigenvalue weighted by molar-refractivity contribution is 9.11. The molecule has 0 bridgehead atoms. The fourth-order valence-electron chi connectivity index (χ4n) is 1.79. The largest absolute Gasteiger partial charge is 0.453 e. The summed E-state index contributed by atoms with van der Waals surface area (Å²) >= 11 is 6.80. The third-order valence-electron chi connectivity index (χ3n) is 2.86. The van der Waals surface area contributed by atoms with Crippen LogP contribution in [0.3, 0.4) is 0 Å². The molecule has 0 spiro atoms. The highest BCUT2D eigenvalue weighted by atomic mass is 79.9. The standard InChI is InChI=1S/C16H16Br2FNO/c1-10(2)20-9-11-4-3-5-14(19)16(11)21-15-7-6-12(17)8-13(15)18/h3-8,10,20H,9H2,1-2H3. The summed E-state index contributed by atoms with van der Waals surface area (Å²) in [6.45, 7) is 4.65. The van der Waals surface area contributed by atoms with Crippen molar-refractivity contribution < 1.29 is 9.13 Å². The monoisotopic (exact) mass is 415 g/mol. The number of para-hydroxylation sites is 1. The number of hydrogen-bond acceptors (Lipinski definition) is 2. The van der Waals surface area contributed by atoms with E-state index < -0.39 is 0 Å². The minimum atomic E-state index is -0.368. The molecule has 0 atom stereocenters. The first-order valence-electron chi connectivity index (χ1n) is 6.61. The Balaban J connectivity index is 2.29. The van der Waals surface area contributed by atoms with Crippen molar-refractivity contribution >= 4 is 31.9 Å². The maximum absolute atomic E-state index is 14.1. The van der Waals surface area contributed by atoms with E-state index in [4.69, 9.17) is 4.74 Å². The van der Waals surface area contributed by atoms with Gasteiger partial charge in [0.25, 0.3) is 0 Å². The summed E-state index contributed by atoms with van der Waals surface area (Å²) in [5.74, 6) is 0.468. The van der Waals surface area contributed by atoms with Crippen molar-refractivity contribution in [2.24, 2.45) is 0 Å². The van der Waals surface area contributed by atoms with Gasteiger partial charge >= 0.3 is 0 Å². The van der Waals surface area contributed by atoms with Crippen molar-refractivity contribution in [1.29, 1.82) is 0 Å². The molecule has 0 aromatic heterocycles. The van der Waals surface area contributed by atoms with Crippen LogP contribution in [0.4, 0.5) is 4.39 Å². The van der Waals surface area contributed by atoms with Gasteiger partial charge in [0.2, 0.25) is 0 Å². The summed E-state index contributed by atoms with van der Waals surface area (Å²) in [6.07, 6.45) is 0. The van der Waals surface area contributed by atoms with Crippen molar-refractivity contribution in [2.75, 3.05) is 0 Å². The number of hydrogen-bond donors (Lipinski definition) is 1. The van der Waals surface area contributed by atoms with Gasteiger partial charge in [0.15, 0.2) is 11.6 Å². The molecule has 0 radical (unpaired) electrons. The predicted octanol–water partition coefficient (Wildman–Crippen LogP) is 5.64. The second kappa shape index (κ2) is 7.38. The lowest BCUT2D eigenvalue weighted by molar-refractivity contribution is 0.429. The predicted molar refractivity (Wildman–Crippen MR) is 90.3 cm³/mol. The van der Waals surface area contributed by atoms with Gasteiger partial charge in [0, 0.05) is 22.6 Å². The summed E-state index contributed by atoms with van der Waals surface area (Å²) < 4.78 is 21.6. The Morgan fingerprint density at radius 3 is 2.62 bits per heavy atom. The van der Waals surface area contributed by atoms with Crippen LogP contribution in [0.2, 0.25) is 0 Å². The first kappa shape index (κ1) is 16.5. The van der Waals surface area contributed by atoms with Gasteiger partial charge in [-0.2, -0.15) is 0 Å². The molecule has 2 aromatic rings. The summed E-state index contributed by atoms with van der Waals surface area (Å²) in [5, 5.41) is 3.27. The van der Waals surface area contributed by atoms with Crippen LogP contribution in [-0.2, 0) is 6.54 Å². The molecule has 1 N–H and O–H groups in total. The van der Waals surface area contributed by atoms with E-state index in [1.54, 1.807) is 12.1 Å². The molecule has 0 aliphatic heterocycles. The van der Waals surface area contributed by atoms with Crippen LogP contribution in [0.15, 0.2) is 45.3 Å². The van der Waals surface area contributed by atoms with Crippen LogP contribution in [0.1, 0.15) is 19.4 Å². The first-order valence-corrected chi connectivity index (χ1v) is 8.19. The lowest BCUT2D eigenvalue weighted by atomic mass is 10.2. The van der Waals surface area contributed by atoms with Gasteiger partial charge in [-0.3, -0.25) is 0 Å². The molecule has 21 heavy (non-hydrogen) atoms. The van der Waals surface area contributed by atoms with Gasteiger partial charge < -0.3 is 10.1 Å². The summed E-state index contributed by atoms with van der Waals surface area (Å²) in [4.78, 5) is 0. The third-order valence-corrected chi connectivity index (χ3v) is 3.97. The average Bonchev–Trinajstić information content (AvgIpc) is 2.42. The fourth-order valence-corrected chi connectivity index (χ4v) is 2.92. The van der Waals surface area contributed by atoms with Crippen LogP contribution in [0, 0.1) is 5.82 Å². The molecule has 0 aliphatic carbocycles. The normalized spacial score (nSPS) is 11.0. The highest BCUT2D eigenvalue weighted by Crippen LogP contribution is 2.34. The van der Waals surface area contributed by atoms with Crippen LogP contribution in [-0.4, -0.2) is 6.04 Å². The van der Waals surface area contributed by atoms with Crippen LogP contribution in [0.25, 0.3) is 0 Å². The molecule has 2 nitrogen and oxygen atoms in total. The molecule has 0 saturated carbocycles. The maximum Gasteiger partial charge on any atom is 0.167 e. The quantitative estimate of drug-likeness (QED) is 0.680. The number of nitrogens with one attached hydrogen (secondary N) is 1. The molecule has 2 rings (SSSR count). The molecule has 2 aromatic carbocycles. The van der Waals surface area contributed by atoms with Crippen molar-refractivity contribution in [3.8, 4) is 11.5 Å². The second-order valence-electron chi connectivity index (χ2n) is 4.94. The molecule has 0 amide bonds. The topological polar surface area (TPSA) is 21.3 Å². The van der Waals surface area contributed by atoms with Gasteiger partial charge in [-0.15, -0.1) is 0 Å². The molecule has 5 heteroatoms. The minimum Gasteiger partial charge on any atom is -0.453 e. The Morgan fingerprint density at radius 2 is 1.95 bits per heavy atom. The molecule has 0 heterocycles. The number of rotatable bonds is 5. The van der Waals surface area contributed by atoms with Gasteiger partial charge in [0.05, 0.1) is 4.47 Å².